The fourth-order valence-electron chi connectivity index (χ4n) is 6.19. The number of rotatable bonds is 6. The second kappa shape index (κ2) is 11.5. The Bertz CT molecular complexity index is 2400. The highest BCUT2D eigenvalue weighted by Crippen LogP contribution is 2.35. The number of thiazole rings is 1. The lowest BCUT2D eigenvalue weighted by atomic mass is 9.91. The molecule has 1 aliphatic heterocycles. The number of carbonyl (C=O) groups excluding carboxylic acids is 1. The van der Waals surface area contributed by atoms with Gasteiger partial charge in [-0.1, -0.05) is 90.2 Å². The van der Waals surface area contributed by atoms with Crippen molar-refractivity contribution in [1.82, 2.24) is 9.13 Å². The van der Waals surface area contributed by atoms with Crippen LogP contribution >= 0.6 is 11.3 Å². The van der Waals surface area contributed by atoms with Gasteiger partial charge in [0.15, 0.2) is 4.80 Å². The number of allylic oxidation sites excluding steroid dienone is 1. The number of carbonyl (C=O) groups is 1. The Balaban J connectivity index is 1.43. The average molecular weight is 609 g/mol. The predicted molar refractivity (Wildman–Crippen MR) is 177 cm³/mol. The topological polar surface area (TPSA) is 89.4 Å². The monoisotopic (exact) mass is 608 g/mol. The van der Waals surface area contributed by atoms with Crippen LogP contribution in [0.1, 0.15) is 42.1 Å². The van der Waals surface area contributed by atoms with E-state index in [0.717, 1.165) is 38.4 Å². The van der Waals surface area contributed by atoms with Crippen LogP contribution in [0, 0.1) is 11.3 Å². The summed E-state index contributed by atoms with van der Waals surface area (Å²) in [7, 11) is 0. The molecule has 0 radical (unpaired) electrons. The molecule has 6 aromatic rings. The third kappa shape index (κ3) is 4.88. The van der Waals surface area contributed by atoms with E-state index < -0.39 is 12.0 Å². The van der Waals surface area contributed by atoms with Crippen molar-refractivity contribution in [1.29, 1.82) is 5.26 Å². The SMILES string of the molecule is CCOC(=O)C1=C(C)N=c2s/c(=C\c3cn(Cc4ccccc4C#N)c4ccccc34)c(=O)n2[C@H]1c1cccc2ccccc12. The highest BCUT2D eigenvalue weighted by molar-refractivity contribution is 7.07. The largest absolute Gasteiger partial charge is 0.463 e. The molecular formula is C37H28N4O3S. The number of ether oxygens (including phenoxy) is 1. The molecule has 0 aliphatic carbocycles. The molecule has 45 heavy (non-hydrogen) atoms. The van der Waals surface area contributed by atoms with Crippen LogP contribution in [-0.2, 0) is 16.1 Å². The molecule has 7 nitrogen and oxygen atoms in total. The van der Waals surface area contributed by atoms with Gasteiger partial charge in [0.05, 0.1) is 40.1 Å². The zero-order valence-electron chi connectivity index (χ0n) is 24.7. The molecule has 0 saturated heterocycles. The van der Waals surface area contributed by atoms with Crippen molar-refractivity contribution in [3.05, 3.63) is 150 Å². The summed E-state index contributed by atoms with van der Waals surface area (Å²) in [4.78, 5) is 33.0. The number of esters is 1. The molecule has 3 heterocycles. The molecule has 0 spiro atoms. The molecule has 8 heteroatoms. The molecule has 0 N–H and O–H groups in total. The van der Waals surface area contributed by atoms with E-state index in [-0.39, 0.29) is 12.2 Å². The number of hydrogen-bond donors (Lipinski definition) is 0. The molecule has 0 bridgehead atoms. The molecule has 0 saturated carbocycles. The standard InChI is InChI=1S/C37H28N4O3S/c1-3-44-36(43)33-23(2)39-37-41(34(33)30-17-10-14-24-11-6-7-15-28(24)30)35(42)32(45-37)19-27-22-40(31-18-9-8-16-29(27)31)21-26-13-5-4-12-25(26)20-38/h4-19,22,34H,3,21H2,1-2H3/b32-19-/t34-/m0/s1. The zero-order valence-corrected chi connectivity index (χ0v) is 25.5. The van der Waals surface area contributed by atoms with Crippen LogP contribution < -0.4 is 14.9 Å². The lowest BCUT2D eigenvalue weighted by Gasteiger charge is -2.25. The van der Waals surface area contributed by atoms with Crippen molar-refractivity contribution in [2.45, 2.75) is 26.4 Å². The summed E-state index contributed by atoms with van der Waals surface area (Å²) in [6.45, 7) is 4.30. The summed E-state index contributed by atoms with van der Waals surface area (Å²) < 4.78 is 9.75. The minimum Gasteiger partial charge on any atom is -0.463 e. The van der Waals surface area contributed by atoms with Crippen LogP contribution in [-0.4, -0.2) is 21.7 Å². The number of benzene rings is 4. The molecule has 7 rings (SSSR count). The Kier molecular flexibility index (Phi) is 7.24. The first-order valence-corrected chi connectivity index (χ1v) is 15.5. The summed E-state index contributed by atoms with van der Waals surface area (Å²) in [6.07, 6.45) is 3.93. The number of aromatic nitrogens is 2. The van der Waals surface area contributed by atoms with Gasteiger partial charge in [0.1, 0.15) is 0 Å². The van der Waals surface area contributed by atoms with Gasteiger partial charge in [-0.3, -0.25) is 9.36 Å². The van der Waals surface area contributed by atoms with Gasteiger partial charge < -0.3 is 9.30 Å². The quantitative estimate of drug-likeness (QED) is 0.223. The predicted octanol–water partition coefficient (Wildman–Crippen LogP) is 5.83. The first kappa shape index (κ1) is 28.3. The second-order valence-electron chi connectivity index (χ2n) is 10.9. The van der Waals surface area contributed by atoms with E-state index >= 15 is 0 Å². The normalized spacial score (nSPS) is 14.8. The highest BCUT2D eigenvalue weighted by Gasteiger charge is 2.34. The second-order valence-corrected chi connectivity index (χ2v) is 11.9. The molecule has 2 aromatic heterocycles. The Labute approximate surface area is 262 Å². The Morgan fingerprint density at radius 1 is 1.00 bits per heavy atom. The van der Waals surface area contributed by atoms with Crippen molar-refractivity contribution in [2.75, 3.05) is 6.61 Å². The van der Waals surface area contributed by atoms with Gasteiger partial charge in [-0.15, -0.1) is 0 Å². The van der Waals surface area contributed by atoms with Gasteiger partial charge in [0.25, 0.3) is 5.56 Å². The maximum absolute atomic E-state index is 14.4. The van der Waals surface area contributed by atoms with E-state index in [1.165, 1.54) is 11.3 Å². The summed E-state index contributed by atoms with van der Waals surface area (Å²) >= 11 is 1.31. The van der Waals surface area contributed by atoms with Crippen molar-refractivity contribution < 1.29 is 9.53 Å². The van der Waals surface area contributed by atoms with Gasteiger partial charge in [0, 0.05) is 29.2 Å². The van der Waals surface area contributed by atoms with Crippen LogP contribution in [0.2, 0.25) is 0 Å². The molecular weight excluding hydrogens is 580 g/mol. The summed E-state index contributed by atoms with van der Waals surface area (Å²) in [5.41, 5.74) is 4.94. The van der Waals surface area contributed by atoms with Crippen LogP contribution in [0.15, 0.2) is 118 Å². The fourth-order valence-corrected chi connectivity index (χ4v) is 7.23. The summed E-state index contributed by atoms with van der Waals surface area (Å²) in [5, 5.41) is 12.6. The van der Waals surface area contributed by atoms with Gasteiger partial charge in [-0.2, -0.15) is 5.26 Å². The molecule has 0 unspecified atom stereocenters. The van der Waals surface area contributed by atoms with Crippen LogP contribution in [0.4, 0.5) is 0 Å². The van der Waals surface area contributed by atoms with Gasteiger partial charge in [-0.25, -0.2) is 9.79 Å². The van der Waals surface area contributed by atoms with E-state index in [1.54, 1.807) is 18.4 Å². The summed E-state index contributed by atoms with van der Waals surface area (Å²) in [6, 6.07) is 31.1. The third-order valence-corrected chi connectivity index (χ3v) is 9.20. The first-order chi connectivity index (χ1) is 22.0. The summed E-state index contributed by atoms with van der Waals surface area (Å²) in [5.74, 6) is -0.480. The average Bonchev–Trinajstić information content (AvgIpc) is 3.56. The van der Waals surface area contributed by atoms with Gasteiger partial charge in [0.2, 0.25) is 0 Å². The Morgan fingerprint density at radius 2 is 1.73 bits per heavy atom. The Hall–Kier alpha value is -5.52. The smallest absolute Gasteiger partial charge is 0.338 e. The molecule has 0 fully saturated rings. The minimum absolute atomic E-state index is 0.213. The van der Waals surface area contributed by atoms with Crippen molar-refractivity contribution >= 4 is 45.1 Å². The van der Waals surface area contributed by atoms with E-state index in [9.17, 15) is 14.9 Å². The lowest BCUT2D eigenvalue weighted by Crippen LogP contribution is -2.40. The number of hydrogen-bond acceptors (Lipinski definition) is 6. The first-order valence-electron chi connectivity index (χ1n) is 14.7. The third-order valence-electron chi connectivity index (χ3n) is 8.22. The minimum atomic E-state index is -0.697. The van der Waals surface area contributed by atoms with Gasteiger partial charge in [-0.05, 0) is 54.0 Å². The molecule has 1 atom stereocenters. The number of nitriles is 1. The number of para-hydroxylation sites is 1. The molecule has 1 aliphatic rings. The lowest BCUT2D eigenvalue weighted by molar-refractivity contribution is -0.139. The number of fused-ring (bicyclic) bond motifs is 3. The van der Waals surface area contributed by atoms with Crippen LogP contribution in [0.3, 0.4) is 0 Å². The zero-order chi connectivity index (χ0) is 31.1. The van der Waals surface area contributed by atoms with E-state index in [2.05, 4.69) is 10.6 Å². The number of nitrogens with zero attached hydrogens (tertiary/aromatic N) is 4. The van der Waals surface area contributed by atoms with Crippen molar-refractivity contribution in [3.8, 4) is 6.07 Å². The van der Waals surface area contributed by atoms with E-state index in [1.807, 2.05) is 103 Å². The van der Waals surface area contributed by atoms with Gasteiger partial charge >= 0.3 is 5.97 Å². The maximum Gasteiger partial charge on any atom is 0.338 e. The van der Waals surface area contributed by atoms with E-state index in [4.69, 9.17) is 9.73 Å². The van der Waals surface area contributed by atoms with E-state index in [0.29, 0.717) is 32.7 Å². The van der Waals surface area contributed by atoms with Crippen LogP contribution in [0.25, 0.3) is 27.8 Å². The van der Waals surface area contributed by atoms with Crippen molar-refractivity contribution in [3.63, 3.8) is 0 Å². The molecule has 4 aromatic carbocycles. The maximum atomic E-state index is 14.4. The molecule has 220 valence electrons. The van der Waals surface area contributed by atoms with Crippen LogP contribution in [0.5, 0.6) is 0 Å². The molecule has 0 amide bonds. The van der Waals surface area contributed by atoms with Crippen molar-refractivity contribution in [2.24, 2.45) is 4.99 Å². The Morgan fingerprint density at radius 3 is 2.56 bits per heavy atom. The fraction of sp³-hybridized carbons (Fsp3) is 0.135. The highest BCUT2D eigenvalue weighted by atomic mass is 32.1.